The Kier molecular flexibility index (Phi) is 5.77. The third-order valence-corrected chi connectivity index (χ3v) is 16.3. The fourth-order valence-electron chi connectivity index (χ4n) is 9.14. The molecule has 8 aromatic carbocycles. The molecule has 1 spiro atoms. The van der Waals surface area contributed by atoms with E-state index in [1.165, 1.54) is 31.9 Å². The number of ether oxygens (including phenoxy) is 1. The van der Waals surface area contributed by atoms with Crippen LogP contribution in [0, 0.1) is 0 Å². The van der Waals surface area contributed by atoms with Gasteiger partial charge in [0.15, 0.2) is 8.07 Å². The Balaban J connectivity index is 1.11. The first-order valence-corrected chi connectivity index (χ1v) is 20.0. The second-order valence-corrected chi connectivity index (χ2v) is 17.7. The van der Waals surface area contributed by atoms with Gasteiger partial charge in [0.05, 0.1) is 0 Å². The van der Waals surface area contributed by atoms with Gasteiger partial charge in [-0.25, -0.2) is 0 Å². The second kappa shape index (κ2) is 10.6. The van der Waals surface area contributed by atoms with Gasteiger partial charge in [-0.1, -0.05) is 109 Å². The van der Waals surface area contributed by atoms with Gasteiger partial charge < -0.3 is 18.5 Å². The zero-order chi connectivity index (χ0) is 34.7. The molecule has 4 nitrogen and oxygen atoms in total. The van der Waals surface area contributed by atoms with Crippen molar-refractivity contribution in [1.82, 2.24) is 0 Å². The zero-order valence-corrected chi connectivity index (χ0v) is 29.4. The van der Waals surface area contributed by atoms with Crippen LogP contribution in [0.15, 0.2) is 185 Å². The molecule has 5 heteroatoms. The molecule has 4 heterocycles. The smallest absolute Gasteiger partial charge is 0.189 e. The Hall–Kier alpha value is -6.82. The molecule has 10 aromatic rings. The maximum atomic E-state index is 6.95. The van der Waals surface area contributed by atoms with Crippen molar-refractivity contribution >= 4 is 89.8 Å². The van der Waals surface area contributed by atoms with Crippen LogP contribution in [0.4, 0.5) is 17.1 Å². The predicted octanol–water partition coefficient (Wildman–Crippen LogP) is 10.4. The minimum absolute atomic E-state index is 0.840. The average Bonchev–Trinajstić information content (AvgIpc) is 3.86. The molecule has 2 aliphatic rings. The summed E-state index contributed by atoms with van der Waals surface area (Å²) in [7, 11) is -2.70. The van der Waals surface area contributed by atoms with E-state index in [-0.39, 0.29) is 0 Å². The molecule has 0 amide bonds. The maximum absolute atomic E-state index is 6.95. The van der Waals surface area contributed by atoms with E-state index in [1.807, 2.05) is 24.3 Å². The first-order chi connectivity index (χ1) is 26.3. The van der Waals surface area contributed by atoms with E-state index < -0.39 is 8.07 Å². The second-order valence-electron chi connectivity index (χ2n) is 14.0. The van der Waals surface area contributed by atoms with E-state index in [9.17, 15) is 0 Å². The minimum Gasteiger partial charge on any atom is -0.457 e. The predicted molar refractivity (Wildman–Crippen MR) is 218 cm³/mol. The quantitative estimate of drug-likeness (QED) is 0.173. The molecule has 0 fully saturated rings. The third kappa shape index (κ3) is 3.89. The van der Waals surface area contributed by atoms with E-state index in [2.05, 4.69) is 157 Å². The number of anilines is 3. The van der Waals surface area contributed by atoms with Crippen molar-refractivity contribution < 1.29 is 13.6 Å². The highest BCUT2D eigenvalue weighted by Gasteiger charge is 2.53. The van der Waals surface area contributed by atoms with Crippen molar-refractivity contribution in [1.29, 1.82) is 0 Å². The molecule has 0 aliphatic carbocycles. The van der Waals surface area contributed by atoms with Gasteiger partial charge in [0.2, 0.25) is 0 Å². The number of para-hydroxylation sites is 3. The van der Waals surface area contributed by atoms with E-state index in [1.54, 1.807) is 0 Å². The van der Waals surface area contributed by atoms with Gasteiger partial charge in [-0.15, -0.1) is 0 Å². The molecule has 53 heavy (non-hydrogen) atoms. The minimum atomic E-state index is -2.70. The van der Waals surface area contributed by atoms with Crippen LogP contribution >= 0.6 is 0 Å². The molecule has 2 aliphatic heterocycles. The highest BCUT2D eigenvalue weighted by Crippen LogP contribution is 2.43. The van der Waals surface area contributed by atoms with Crippen molar-refractivity contribution in [2.75, 3.05) is 4.90 Å². The fraction of sp³-hybridized carbons (Fsp3) is 0. The van der Waals surface area contributed by atoms with Gasteiger partial charge in [-0.05, 0) is 80.4 Å². The average molecular weight is 696 g/mol. The maximum Gasteiger partial charge on any atom is 0.189 e. The Morgan fingerprint density at radius 1 is 0.340 bits per heavy atom. The van der Waals surface area contributed by atoms with Crippen LogP contribution in [0.25, 0.3) is 55.0 Å². The van der Waals surface area contributed by atoms with Crippen LogP contribution in [-0.2, 0) is 0 Å². The van der Waals surface area contributed by atoms with Gasteiger partial charge in [0.1, 0.15) is 33.8 Å². The lowest BCUT2D eigenvalue weighted by atomic mass is 10.1. The number of hydrogen-bond donors (Lipinski definition) is 0. The molecule has 0 unspecified atom stereocenters. The summed E-state index contributed by atoms with van der Waals surface area (Å²) in [6, 6.07) is 62.9. The molecular weight excluding hydrogens is 667 g/mol. The summed E-state index contributed by atoms with van der Waals surface area (Å²) < 4.78 is 19.8. The summed E-state index contributed by atoms with van der Waals surface area (Å²) in [5.74, 6) is 1.81. The van der Waals surface area contributed by atoms with Gasteiger partial charge in [0.25, 0.3) is 0 Å². The van der Waals surface area contributed by atoms with Crippen molar-refractivity contribution in [2.24, 2.45) is 0 Å². The summed E-state index contributed by atoms with van der Waals surface area (Å²) in [5, 5.41) is 9.78. The Labute approximate surface area is 305 Å². The largest absolute Gasteiger partial charge is 0.457 e. The third-order valence-electron chi connectivity index (χ3n) is 11.3. The lowest BCUT2D eigenvalue weighted by Crippen LogP contribution is -2.74. The van der Waals surface area contributed by atoms with Crippen molar-refractivity contribution in [3.8, 4) is 22.6 Å². The molecule has 0 saturated heterocycles. The Morgan fingerprint density at radius 3 is 1.42 bits per heavy atom. The lowest BCUT2D eigenvalue weighted by molar-refractivity contribution is 0.487. The molecule has 0 radical (unpaired) electrons. The van der Waals surface area contributed by atoms with Crippen LogP contribution in [0.3, 0.4) is 0 Å². The summed E-state index contributed by atoms with van der Waals surface area (Å²) >= 11 is 0. The van der Waals surface area contributed by atoms with Crippen molar-refractivity contribution in [2.45, 2.75) is 0 Å². The van der Waals surface area contributed by atoms with Crippen LogP contribution in [0.2, 0.25) is 0 Å². The van der Waals surface area contributed by atoms with Crippen molar-refractivity contribution in [3.05, 3.63) is 176 Å². The summed E-state index contributed by atoms with van der Waals surface area (Å²) in [6.07, 6.45) is 0. The van der Waals surface area contributed by atoms with E-state index >= 15 is 0 Å². The number of nitrogens with zero attached hydrogens (tertiary/aromatic N) is 1. The SMILES string of the molecule is c1ccc2c(c1)Oc1cc(N(c3ccc4c(c3)oc3ccccc34)c3ccc4c(c3)oc3ccccc34)ccc1[Si]21c2ccccc2-c2ccccc21. The van der Waals surface area contributed by atoms with Crippen LogP contribution in [0.1, 0.15) is 0 Å². The highest BCUT2D eigenvalue weighted by molar-refractivity contribution is 7.23. The highest BCUT2D eigenvalue weighted by atomic mass is 28.3. The molecule has 0 N–H and O–H groups in total. The zero-order valence-electron chi connectivity index (χ0n) is 28.4. The number of fused-ring (bicyclic) bond motifs is 15. The van der Waals surface area contributed by atoms with Crippen LogP contribution in [-0.4, -0.2) is 8.07 Å². The van der Waals surface area contributed by atoms with Gasteiger partial charge in [-0.3, -0.25) is 0 Å². The fourth-order valence-corrected chi connectivity index (χ4v) is 14.5. The molecular formula is C48H29NO3Si. The Morgan fingerprint density at radius 2 is 0.792 bits per heavy atom. The summed E-state index contributed by atoms with van der Waals surface area (Å²) in [4.78, 5) is 2.29. The van der Waals surface area contributed by atoms with E-state index in [0.717, 1.165) is 72.4 Å². The summed E-state index contributed by atoms with van der Waals surface area (Å²) in [5.41, 5.74) is 9.02. The van der Waals surface area contributed by atoms with Gasteiger partial charge >= 0.3 is 0 Å². The number of furan rings is 2. The normalized spacial score (nSPS) is 13.6. The lowest BCUT2D eigenvalue weighted by Gasteiger charge is -2.38. The monoisotopic (exact) mass is 695 g/mol. The van der Waals surface area contributed by atoms with Crippen LogP contribution < -0.4 is 30.4 Å². The topological polar surface area (TPSA) is 38.8 Å². The molecule has 248 valence electrons. The van der Waals surface area contributed by atoms with Crippen molar-refractivity contribution in [3.63, 3.8) is 0 Å². The molecule has 0 bridgehead atoms. The molecule has 12 rings (SSSR count). The first-order valence-electron chi connectivity index (χ1n) is 18.0. The standard InChI is InChI=1S/C48H29NO3Si/c1-5-15-39-33(11-1)35-24-21-30(27-42(35)50-39)49(31-22-25-36-34-12-2-6-16-40(34)51-43(36)28-31)32-23-26-48-44(29-32)52-41-17-7-10-20-47(41)53(48)45-18-8-3-13-37(45)38-14-4-9-19-46(38)53/h1-29H. The van der Waals surface area contributed by atoms with E-state index in [4.69, 9.17) is 13.6 Å². The Bertz CT molecular complexity index is 2980. The number of hydrogen-bond acceptors (Lipinski definition) is 4. The van der Waals surface area contributed by atoms with Gasteiger partial charge in [-0.2, -0.15) is 0 Å². The van der Waals surface area contributed by atoms with E-state index in [0.29, 0.717) is 0 Å². The molecule has 2 aromatic heterocycles. The number of rotatable bonds is 3. The van der Waals surface area contributed by atoms with Gasteiger partial charge in [0, 0.05) is 56.8 Å². The molecule has 0 atom stereocenters. The molecule has 0 saturated carbocycles. The number of benzene rings is 8. The summed E-state index contributed by atoms with van der Waals surface area (Å²) in [6.45, 7) is 0. The van der Waals surface area contributed by atoms with Crippen LogP contribution in [0.5, 0.6) is 11.5 Å². The first kappa shape index (κ1) is 28.8.